The van der Waals surface area contributed by atoms with Crippen LogP contribution in [-0.4, -0.2) is 15.1 Å². The molecule has 1 aromatic heterocycles. The number of rotatable bonds is 2. The lowest BCUT2D eigenvalue weighted by molar-refractivity contribution is 0.219. The van der Waals surface area contributed by atoms with Crippen molar-refractivity contribution in [2.45, 2.75) is 6.10 Å². The highest BCUT2D eigenvalue weighted by Crippen LogP contribution is 2.33. The maximum Gasteiger partial charge on any atom is 0.323 e. The summed E-state index contributed by atoms with van der Waals surface area (Å²) in [4.78, 5) is 16.7. The van der Waals surface area contributed by atoms with E-state index in [9.17, 15) is 9.90 Å². The lowest BCUT2D eigenvalue weighted by Gasteiger charge is -2.14. The van der Waals surface area contributed by atoms with Gasteiger partial charge in [0.15, 0.2) is 0 Å². The zero-order valence-electron chi connectivity index (χ0n) is 10.5. The van der Waals surface area contributed by atoms with E-state index >= 15 is 0 Å². The van der Waals surface area contributed by atoms with Crippen LogP contribution in [0.15, 0.2) is 44.1 Å². The van der Waals surface area contributed by atoms with E-state index < -0.39 is 6.10 Å². The van der Waals surface area contributed by atoms with Crippen molar-refractivity contribution in [2.24, 2.45) is 0 Å². The van der Waals surface area contributed by atoms with Gasteiger partial charge in [-0.15, -0.1) is 0 Å². The van der Waals surface area contributed by atoms with Gasteiger partial charge in [-0.2, -0.15) is 0 Å². The summed E-state index contributed by atoms with van der Waals surface area (Å²) in [6, 6.07) is 8.74. The zero-order chi connectivity index (χ0) is 15.1. The van der Waals surface area contributed by atoms with E-state index in [-0.39, 0.29) is 5.69 Å². The fraction of sp³-hybridized carbons (Fsp3) is 0.0714. The molecule has 0 saturated heterocycles. The predicted octanol–water partition coefficient (Wildman–Crippen LogP) is 4.12. The van der Waals surface area contributed by atoms with Crippen molar-refractivity contribution in [1.82, 2.24) is 9.97 Å². The molecule has 0 amide bonds. The number of aliphatic hydroxyl groups excluding tert-OH is 1. The number of aromatic nitrogens is 2. The van der Waals surface area contributed by atoms with Gasteiger partial charge in [-0.1, -0.05) is 43.5 Å². The lowest BCUT2D eigenvalue weighted by Crippen LogP contribution is -2.01. The van der Waals surface area contributed by atoms with Gasteiger partial charge in [-0.05, 0) is 35.9 Å². The molecule has 108 valence electrons. The third-order valence-corrected chi connectivity index (χ3v) is 4.49. The Kier molecular flexibility index (Phi) is 3.96. The normalized spacial score (nSPS) is 12.8. The van der Waals surface area contributed by atoms with Crippen molar-refractivity contribution in [3.63, 3.8) is 0 Å². The highest BCUT2D eigenvalue weighted by Gasteiger charge is 2.16. The number of halogens is 3. The van der Waals surface area contributed by atoms with Gasteiger partial charge < -0.3 is 15.1 Å². The number of aliphatic hydroxyl groups is 1. The number of nitrogens with one attached hydrogen (secondary N) is 2. The van der Waals surface area contributed by atoms with Gasteiger partial charge in [0.1, 0.15) is 6.10 Å². The summed E-state index contributed by atoms with van der Waals surface area (Å²) in [5.74, 6) is 0. The molecular formula is C14H9Br2ClN2O2. The molecule has 4 nitrogen and oxygen atoms in total. The molecule has 3 rings (SSSR count). The molecule has 0 fully saturated rings. The first kappa shape index (κ1) is 14.8. The van der Waals surface area contributed by atoms with Crippen molar-refractivity contribution >= 4 is 54.5 Å². The van der Waals surface area contributed by atoms with E-state index in [0.29, 0.717) is 31.7 Å². The van der Waals surface area contributed by atoms with E-state index in [1.807, 2.05) is 0 Å². The molecule has 1 atom stereocenters. The van der Waals surface area contributed by atoms with Crippen LogP contribution in [0.4, 0.5) is 0 Å². The first-order valence-corrected chi connectivity index (χ1v) is 7.96. The number of hydrogen-bond donors (Lipinski definition) is 3. The number of imidazole rings is 1. The van der Waals surface area contributed by atoms with Gasteiger partial charge in [0.2, 0.25) is 0 Å². The Balaban J connectivity index is 2.13. The Morgan fingerprint density at radius 1 is 1.05 bits per heavy atom. The molecule has 0 bridgehead atoms. The van der Waals surface area contributed by atoms with Crippen molar-refractivity contribution in [1.29, 1.82) is 0 Å². The highest BCUT2D eigenvalue weighted by atomic mass is 79.9. The zero-order valence-corrected chi connectivity index (χ0v) is 14.4. The van der Waals surface area contributed by atoms with E-state index in [2.05, 4.69) is 41.8 Å². The molecule has 3 aromatic rings. The average Bonchev–Trinajstić information content (AvgIpc) is 2.75. The Labute approximate surface area is 141 Å². The number of aromatic amines is 2. The molecule has 21 heavy (non-hydrogen) atoms. The summed E-state index contributed by atoms with van der Waals surface area (Å²) in [5.41, 5.74) is 2.33. The quantitative estimate of drug-likeness (QED) is 0.570. The number of fused-ring (bicyclic) bond motifs is 1. The number of hydrogen-bond acceptors (Lipinski definition) is 2. The highest BCUT2D eigenvalue weighted by molar-refractivity contribution is 9.10. The Morgan fingerprint density at radius 3 is 2.38 bits per heavy atom. The van der Waals surface area contributed by atoms with Gasteiger partial charge in [0.05, 0.1) is 11.0 Å². The van der Waals surface area contributed by atoms with Crippen LogP contribution in [0, 0.1) is 0 Å². The first-order chi connectivity index (χ1) is 9.94. The van der Waals surface area contributed by atoms with Gasteiger partial charge in [0, 0.05) is 19.5 Å². The van der Waals surface area contributed by atoms with Crippen LogP contribution in [0.1, 0.15) is 17.2 Å². The fourth-order valence-corrected chi connectivity index (χ4v) is 3.64. The van der Waals surface area contributed by atoms with Crippen LogP contribution < -0.4 is 5.69 Å². The second-order valence-corrected chi connectivity index (χ2v) is 6.81. The Bertz CT molecular complexity index is 868. The average molecular weight is 432 g/mol. The summed E-state index contributed by atoms with van der Waals surface area (Å²) < 4.78 is 1.49. The molecule has 0 saturated carbocycles. The second-order valence-electron chi connectivity index (χ2n) is 4.60. The van der Waals surface area contributed by atoms with Crippen molar-refractivity contribution in [3.05, 3.63) is 65.9 Å². The monoisotopic (exact) mass is 430 g/mol. The van der Waals surface area contributed by atoms with Gasteiger partial charge in [-0.3, -0.25) is 0 Å². The molecule has 2 aromatic carbocycles. The smallest absolute Gasteiger partial charge is 0.323 e. The summed E-state index contributed by atoms with van der Waals surface area (Å²) in [5, 5.41) is 11.1. The van der Waals surface area contributed by atoms with Crippen LogP contribution >= 0.6 is 43.5 Å². The molecule has 0 aliphatic carbocycles. The summed E-state index contributed by atoms with van der Waals surface area (Å²) in [6.45, 7) is 0. The van der Waals surface area contributed by atoms with Crippen LogP contribution in [0.5, 0.6) is 0 Å². The molecule has 0 radical (unpaired) electrons. The minimum absolute atomic E-state index is 0.283. The van der Waals surface area contributed by atoms with E-state index in [4.69, 9.17) is 11.6 Å². The molecule has 0 aliphatic heterocycles. The summed E-state index contributed by atoms with van der Waals surface area (Å²) in [7, 11) is 0. The van der Waals surface area contributed by atoms with Gasteiger partial charge >= 0.3 is 5.69 Å². The molecule has 1 heterocycles. The number of H-pyrrole nitrogens is 2. The first-order valence-electron chi connectivity index (χ1n) is 5.99. The minimum atomic E-state index is -0.864. The van der Waals surface area contributed by atoms with Crippen LogP contribution in [0.25, 0.3) is 11.0 Å². The third kappa shape index (κ3) is 2.94. The summed E-state index contributed by atoms with van der Waals surface area (Å²) >= 11 is 12.8. The van der Waals surface area contributed by atoms with Gasteiger partial charge in [0.25, 0.3) is 0 Å². The number of benzene rings is 2. The van der Waals surface area contributed by atoms with Gasteiger partial charge in [-0.25, -0.2) is 4.79 Å². The minimum Gasteiger partial charge on any atom is -0.384 e. The van der Waals surface area contributed by atoms with Crippen LogP contribution in [-0.2, 0) is 0 Å². The maximum atomic E-state index is 11.3. The molecular weight excluding hydrogens is 423 g/mol. The lowest BCUT2D eigenvalue weighted by atomic mass is 10.0. The van der Waals surface area contributed by atoms with E-state index in [0.717, 1.165) is 4.47 Å². The van der Waals surface area contributed by atoms with Crippen LogP contribution in [0.3, 0.4) is 0 Å². The SMILES string of the molecule is O=c1[nH]c2cc(Br)c(C(O)c3cc(Cl)cc(Br)c3)cc2[nH]1. The summed E-state index contributed by atoms with van der Waals surface area (Å²) in [6.07, 6.45) is -0.864. The van der Waals surface area contributed by atoms with Crippen molar-refractivity contribution in [3.8, 4) is 0 Å². The Morgan fingerprint density at radius 2 is 1.71 bits per heavy atom. The van der Waals surface area contributed by atoms with Crippen molar-refractivity contribution in [2.75, 3.05) is 0 Å². The van der Waals surface area contributed by atoms with E-state index in [1.165, 1.54) is 0 Å². The Hall–Kier alpha value is -1.08. The largest absolute Gasteiger partial charge is 0.384 e. The van der Waals surface area contributed by atoms with Crippen molar-refractivity contribution < 1.29 is 5.11 Å². The third-order valence-electron chi connectivity index (χ3n) is 3.13. The van der Waals surface area contributed by atoms with Crippen LogP contribution in [0.2, 0.25) is 5.02 Å². The molecule has 1 unspecified atom stereocenters. The second kappa shape index (κ2) is 5.61. The van der Waals surface area contributed by atoms with E-state index in [1.54, 1.807) is 30.3 Å². The predicted molar refractivity (Wildman–Crippen MR) is 89.8 cm³/mol. The topological polar surface area (TPSA) is 68.9 Å². The standard InChI is InChI=1S/C14H9Br2ClN2O2/c15-7-1-6(2-8(17)3-7)13(20)9-4-11-12(5-10(9)16)19-14(21)18-11/h1-5,13,20H,(H2,18,19,21). The molecule has 7 heteroatoms. The fourth-order valence-electron chi connectivity index (χ4n) is 2.19. The maximum absolute atomic E-state index is 11.3. The molecule has 0 aliphatic rings. The molecule has 3 N–H and O–H groups in total. The molecule has 0 spiro atoms.